The summed E-state index contributed by atoms with van der Waals surface area (Å²) in [5.41, 5.74) is 7.24. The van der Waals surface area contributed by atoms with Crippen molar-refractivity contribution in [3.63, 3.8) is 0 Å². The number of unbranched alkanes of at least 4 members (excludes halogenated alkanes) is 2. The highest BCUT2D eigenvalue weighted by molar-refractivity contribution is 5.91. The SMILES string of the molecule is C.C.CCCCCc1cc(C)c2c(C)c(C)c(C)cc2c1. The second-order valence-corrected chi connectivity index (χ2v) is 5.91. The summed E-state index contributed by atoms with van der Waals surface area (Å²) in [5.74, 6) is 0. The van der Waals surface area contributed by atoms with E-state index in [9.17, 15) is 0 Å². The molecule has 0 saturated heterocycles. The van der Waals surface area contributed by atoms with Gasteiger partial charge in [-0.3, -0.25) is 0 Å². The third-order valence-corrected chi connectivity index (χ3v) is 4.40. The first kappa shape index (κ1) is 19.7. The van der Waals surface area contributed by atoms with Crippen molar-refractivity contribution in [1.29, 1.82) is 0 Å². The Balaban J connectivity index is 0.00000200. The van der Waals surface area contributed by atoms with E-state index in [1.807, 2.05) is 0 Å². The molecule has 0 saturated carbocycles. The largest absolute Gasteiger partial charge is 0.0776 e. The Bertz CT molecular complexity index is 591. The molecule has 0 aliphatic heterocycles. The van der Waals surface area contributed by atoms with E-state index in [1.54, 1.807) is 0 Å². The molecule has 0 aliphatic carbocycles. The van der Waals surface area contributed by atoms with E-state index in [0.717, 1.165) is 0 Å². The van der Waals surface area contributed by atoms with E-state index in [1.165, 1.54) is 64.3 Å². The average Bonchev–Trinajstić information content (AvgIpc) is 2.36. The second kappa shape index (κ2) is 8.22. The number of aryl methyl sites for hydroxylation is 4. The number of benzene rings is 2. The zero-order valence-corrected chi connectivity index (χ0v) is 13.1. The maximum absolute atomic E-state index is 2.40. The zero-order chi connectivity index (χ0) is 14.0. The van der Waals surface area contributed by atoms with E-state index in [0.29, 0.717) is 0 Å². The molecule has 21 heavy (non-hydrogen) atoms. The van der Waals surface area contributed by atoms with Gasteiger partial charge in [0.1, 0.15) is 0 Å². The van der Waals surface area contributed by atoms with Crippen LogP contribution in [-0.4, -0.2) is 0 Å². The predicted molar refractivity (Wildman–Crippen MR) is 99.6 cm³/mol. The molecule has 0 nitrogen and oxygen atoms in total. The Labute approximate surface area is 132 Å². The predicted octanol–water partition coefficient (Wildman–Crippen LogP) is 7.08. The lowest BCUT2D eigenvalue weighted by atomic mass is 9.91. The molecule has 2 aromatic carbocycles. The molecule has 0 aromatic heterocycles. The number of rotatable bonds is 4. The maximum Gasteiger partial charge on any atom is -0.0122 e. The highest BCUT2D eigenvalue weighted by Gasteiger charge is 2.08. The molecule has 0 bridgehead atoms. The van der Waals surface area contributed by atoms with Crippen molar-refractivity contribution in [1.82, 2.24) is 0 Å². The Morgan fingerprint density at radius 1 is 0.762 bits per heavy atom. The summed E-state index contributed by atoms with van der Waals surface area (Å²) in [7, 11) is 0. The molecule has 0 unspecified atom stereocenters. The molecule has 0 amide bonds. The van der Waals surface area contributed by atoms with Crippen LogP contribution in [-0.2, 0) is 6.42 Å². The van der Waals surface area contributed by atoms with Crippen LogP contribution in [0.2, 0.25) is 0 Å². The van der Waals surface area contributed by atoms with Crippen molar-refractivity contribution in [2.45, 2.75) is 75.2 Å². The molecule has 0 N–H and O–H groups in total. The number of hydrogen-bond donors (Lipinski definition) is 0. The summed E-state index contributed by atoms with van der Waals surface area (Å²) in [6, 6.07) is 7.14. The third-order valence-electron chi connectivity index (χ3n) is 4.40. The Morgan fingerprint density at radius 3 is 2.05 bits per heavy atom. The van der Waals surface area contributed by atoms with Crippen LogP contribution < -0.4 is 0 Å². The number of hydrogen-bond acceptors (Lipinski definition) is 0. The van der Waals surface area contributed by atoms with Crippen molar-refractivity contribution >= 4 is 10.8 Å². The van der Waals surface area contributed by atoms with Gasteiger partial charge in [0.25, 0.3) is 0 Å². The van der Waals surface area contributed by atoms with E-state index < -0.39 is 0 Å². The third kappa shape index (κ3) is 4.09. The summed E-state index contributed by atoms with van der Waals surface area (Å²) in [6.45, 7) is 11.2. The summed E-state index contributed by atoms with van der Waals surface area (Å²) in [4.78, 5) is 0. The number of fused-ring (bicyclic) bond motifs is 1. The Kier molecular flexibility index (Phi) is 7.71. The molecular formula is C21H34. The molecule has 2 rings (SSSR count). The molecule has 0 heterocycles. The second-order valence-electron chi connectivity index (χ2n) is 5.91. The smallest absolute Gasteiger partial charge is 0.0122 e. The first-order valence-electron chi connectivity index (χ1n) is 7.54. The van der Waals surface area contributed by atoms with Crippen LogP contribution in [0.3, 0.4) is 0 Å². The van der Waals surface area contributed by atoms with Gasteiger partial charge in [0.15, 0.2) is 0 Å². The van der Waals surface area contributed by atoms with Gasteiger partial charge in [-0.1, -0.05) is 52.8 Å². The molecule has 0 spiro atoms. The topological polar surface area (TPSA) is 0 Å². The maximum atomic E-state index is 2.40. The van der Waals surface area contributed by atoms with E-state index in [-0.39, 0.29) is 14.9 Å². The lowest BCUT2D eigenvalue weighted by Gasteiger charge is -2.14. The zero-order valence-electron chi connectivity index (χ0n) is 13.1. The fraction of sp³-hybridized carbons (Fsp3) is 0.524. The quantitative estimate of drug-likeness (QED) is 0.527. The molecule has 0 aliphatic rings. The van der Waals surface area contributed by atoms with Crippen molar-refractivity contribution in [2.24, 2.45) is 0 Å². The molecule has 118 valence electrons. The molecule has 0 fully saturated rings. The van der Waals surface area contributed by atoms with Crippen molar-refractivity contribution < 1.29 is 0 Å². The fourth-order valence-electron chi connectivity index (χ4n) is 3.07. The minimum atomic E-state index is 0. The highest BCUT2D eigenvalue weighted by Crippen LogP contribution is 2.29. The Morgan fingerprint density at radius 2 is 1.43 bits per heavy atom. The van der Waals surface area contributed by atoms with Crippen LogP contribution in [0.15, 0.2) is 18.2 Å². The van der Waals surface area contributed by atoms with Gasteiger partial charge in [0.05, 0.1) is 0 Å². The van der Waals surface area contributed by atoms with Crippen LogP contribution in [0.1, 0.15) is 68.9 Å². The lowest BCUT2D eigenvalue weighted by Crippen LogP contribution is -1.94. The Hall–Kier alpha value is -1.30. The van der Waals surface area contributed by atoms with Crippen LogP contribution >= 0.6 is 0 Å². The van der Waals surface area contributed by atoms with E-state index in [4.69, 9.17) is 0 Å². The normalized spacial score (nSPS) is 10.1. The van der Waals surface area contributed by atoms with Gasteiger partial charge >= 0.3 is 0 Å². The molecule has 0 heteroatoms. The van der Waals surface area contributed by atoms with Crippen molar-refractivity contribution in [3.05, 3.63) is 46.0 Å². The molecular weight excluding hydrogens is 252 g/mol. The minimum Gasteiger partial charge on any atom is -0.0776 e. The van der Waals surface area contributed by atoms with Crippen LogP contribution in [0, 0.1) is 27.7 Å². The summed E-state index contributed by atoms with van der Waals surface area (Å²) in [5, 5.41) is 2.88. The van der Waals surface area contributed by atoms with Crippen molar-refractivity contribution in [3.8, 4) is 0 Å². The molecule has 2 aromatic rings. The van der Waals surface area contributed by atoms with Crippen LogP contribution in [0.5, 0.6) is 0 Å². The van der Waals surface area contributed by atoms with Gasteiger partial charge in [0, 0.05) is 0 Å². The summed E-state index contributed by atoms with van der Waals surface area (Å²) in [6.07, 6.45) is 5.16. The standard InChI is InChI=1S/C19H26.2CH4/c1-6-7-8-9-17-10-14(3)19-16(5)15(4)13(2)11-18(19)12-17;;/h10-12H,6-9H2,1-5H3;2*1H4. The first-order valence-corrected chi connectivity index (χ1v) is 7.54. The fourth-order valence-corrected chi connectivity index (χ4v) is 3.07. The molecule has 0 atom stereocenters. The van der Waals surface area contributed by atoms with E-state index in [2.05, 4.69) is 52.8 Å². The minimum absolute atomic E-state index is 0. The van der Waals surface area contributed by atoms with Gasteiger partial charge in [-0.2, -0.15) is 0 Å². The van der Waals surface area contributed by atoms with Gasteiger partial charge in [-0.15, -0.1) is 0 Å². The van der Waals surface area contributed by atoms with Gasteiger partial charge in [-0.05, 0) is 79.1 Å². The lowest BCUT2D eigenvalue weighted by molar-refractivity contribution is 0.717. The van der Waals surface area contributed by atoms with Crippen molar-refractivity contribution in [2.75, 3.05) is 0 Å². The highest BCUT2D eigenvalue weighted by atomic mass is 14.1. The van der Waals surface area contributed by atoms with Gasteiger partial charge < -0.3 is 0 Å². The average molecular weight is 287 g/mol. The van der Waals surface area contributed by atoms with Gasteiger partial charge in [0.2, 0.25) is 0 Å². The van der Waals surface area contributed by atoms with Gasteiger partial charge in [-0.25, -0.2) is 0 Å². The molecule has 0 radical (unpaired) electrons. The van der Waals surface area contributed by atoms with E-state index >= 15 is 0 Å². The summed E-state index contributed by atoms with van der Waals surface area (Å²) >= 11 is 0. The summed E-state index contributed by atoms with van der Waals surface area (Å²) < 4.78 is 0. The van der Waals surface area contributed by atoms with Crippen LogP contribution in [0.4, 0.5) is 0 Å². The first-order chi connectivity index (χ1) is 9.04. The monoisotopic (exact) mass is 286 g/mol. The van der Waals surface area contributed by atoms with Crippen LogP contribution in [0.25, 0.3) is 10.8 Å².